The first-order valence-corrected chi connectivity index (χ1v) is 18.3. The van der Waals surface area contributed by atoms with Crippen molar-refractivity contribution in [3.8, 4) is 0 Å². The normalized spacial score (nSPS) is 51.8. The highest BCUT2D eigenvalue weighted by molar-refractivity contribution is 5.73. The summed E-state index contributed by atoms with van der Waals surface area (Å²) in [6.07, 6.45) is 11.0. The van der Waals surface area contributed by atoms with Crippen LogP contribution in [0, 0.1) is 50.7 Å². The zero-order valence-electron chi connectivity index (χ0n) is 29.3. The molecule has 13 atom stereocenters. The first kappa shape index (κ1) is 32.4. The van der Waals surface area contributed by atoms with Gasteiger partial charge in [0.1, 0.15) is 0 Å². The summed E-state index contributed by atoms with van der Waals surface area (Å²) >= 11 is 0. The van der Waals surface area contributed by atoms with Crippen LogP contribution in [-0.4, -0.2) is 61.1 Å². The molecule has 0 aromatic heterocycles. The summed E-state index contributed by atoms with van der Waals surface area (Å²) in [5.41, 5.74) is 1.57. The number of rotatable bonds is 6. The van der Waals surface area contributed by atoms with E-state index in [9.17, 15) is 15.0 Å². The number of hydrogen-bond donors (Lipinski definition) is 2. The van der Waals surface area contributed by atoms with Gasteiger partial charge in [-0.1, -0.05) is 62.8 Å². The molecule has 7 nitrogen and oxygen atoms in total. The van der Waals surface area contributed by atoms with E-state index in [1.807, 2.05) is 0 Å². The van der Waals surface area contributed by atoms with E-state index in [1.165, 1.54) is 18.2 Å². The van der Waals surface area contributed by atoms with Gasteiger partial charge in [0.15, 0.2) is 5.79 Å². The third-order valence-corrected chi connectivity index (χ3v) is 16.1. The number of fused-ring (bicyclic) bond motifs is 5. The van der Waals surface area contributed by atoms with E-state index in [2.05, 4.69) is 57.2 Å². The van der Waals surface area contributed by atoms with Crippen LogP contribution in [0.25, 0.3) is 0 Å². The number of allylic oxidation sites excluding steroid dienone is 1. The lowest BCUT2D eigenvalue weighted by molar-refractivity contribution is -0.227. The van der Waals surface area contributed by atoms with Crippen molar-refractivity contribution in [2.75, 3.05) is 27.4 Å². The average molecular weight is 649 g/mol. The average Bonchev–Trinajstić information content (AvgIpc) is 3.49. The molecule has 2 N–H and O–H groups in total. The number of aliphatic hydroxyl groups is 2. The zero-order valence-corrected chi connectivity index (χ0v) is 29.3. The minimum Gasteiger partial charge on any atom is -0.469 e. The van der Waals surface area contributed by atoms with Gasteiger partial charge in [-0.2, -0.15) is 0 Å². The molecule has 258 valence electrons. The maximum atomic E-state index is 13.6. The molecule has 7 aliphatic rings. The molecule has 7 heteroatoms. The molecule has 1 aromatic carbocycles. The molecule has 1 aromatic rings. The Morgan fingerprint density at radius 3 is 2.47 bits per heavy atom. The molecule has 2 heterocycles. The molecule has 4 saturated carbocycles. The molecule has 2 aliphatic heterocycles. The summed E-state index contributed by atoms with van der Waals surface area (Å²) in [6.45, 7) is 10.0. The Labute approximate surface area is 280 Å². The van der Waals surface area contributed by atoms with Crippen LogP contribution in [0.5, 0.6) is 0 Å². The molecule has 0 amide bonds. The third kappa shape index (κ3) is 4.19. The molecule has 5 aliphatic carbocycles. The Balaban J connectivity index is 1.09. The minimum absolute atomic E-state index is 0.00770. The van der Waals surface area contributed by atoms with E-state index < -0.39 is 17.5 Å². The second-order valence-corrected chi connectivity index (χ2v) is 17.9. The molecule has 0 radical (unpaired) electrons. The summed E-state index contributed by atoms with van der Waals surface area (Å²) in [5.74, 6) is -0.687. The van der Waals surface area contributed by atoms with Gasteiger partial charge >= 0.3 is 5.97 Å². The molecule has 0 spiro atoms. The molecule has 8 rings (SSSR count). The van der Waals surface area contributed by atoms with Crippen molar-refractivity contribution in [3.05, 3.63) is 47.5 Å². The van der Waals surface area contributed by atoms with Crippen LogP contribution in [-0.2, 0) is 23.7 Å². The smallest absolute Gasteiger partial charge is 0.309 e. The second kappa shape index (κ2) is 10.4. The lowest BCUT2D eigenvalue weighted by Crippen LogP contribution is -2.65. The monoisotopic (exact) mass is 648 g/mol. The molecule has 47 heavy (non-hydrogen) atoms. The summed E-state index contributed by atoms with van der Waals surface area (Å²) in [5, 5.41) is 23.3. The standard InChI is InChI=1S/C40H56O7/c1-34(43)21-40(45-6,47-23-34)20-27(33(42)44-5)28-13-17-39-22-38(28,39)16-14-30-35(2)15-12-26-18-29(25-10-8-7-9-11-25)46-24-36(26,3)31(35)19-32(41)37(30,39)4/h7-12,27-32,41,43H,13-24H2,1-6H3/t27?,28-,29-,30+,31+,32+,34?,35+,36-,37-,38+,39+,40-/m0/s1. The summed E-state index contributed by atoms with van der Waals surface area (Å²) in [4.78, 5) is 13.6. The number of carbonyl (C=O) groups is 1. The van der Waals surface area contributed by atoms with Crippen LogP contribution in [0.4, 0.5) is 0 Å². The fraction of sp³-hybridized carbons (Fsp3) is 0.775. The molecule has 2 saturated heterocycles. The molecular weight excluding hydrogens is 592 g/mol. The molecule has 2 unspecified atom stereocenters. The first-order valence-electron chi connectivity index (χ1n) is 18.3. The van der Waals surface area contributed by atoms with E-state index in [0.29, 0.717) is 31.3 Å². The largest absolute Gasteiger partial charge is 0.469 e. The van der Waals surface area contributed by atoms with Crippen molar-refractivity contribution >= 4 is 5.97 Å². The van der Waals surface area contributed by atoms with Crippen LogP contribution in [0.1, 0.15) is 104 Å². The first-order chi connectivity index (χ1) is 22.2. The van der Waals surface area contributed by atoms with Crippen molar-refractivity contribution in [3.63, 3.8) is 0 Å². The van der Waals surface area contributed by atoms with Gasteiger partial charge in [-0.05, 0) is 97.9 Å². The van der Waals surface area contributed by atoms with Gasteiger partial charge in [0.25, 0.3) is 0 Å². The predicted molar refractivity (Wildman–Crippen MR) is 177 cm³/mol. The maximum Gasteiger partial charge on any atom is 0.309 e. The highest BCUT2D eigenvalue weighted by Crippen LogP contribution is 2.91. The van der Waals surface area contributed by atoms with E-state index in [-0.39, 0.29) is 57.6 Å². The lowest BCUT2D eigenvalue weighted by atomic mass is 9.37. The van der Waals surface area contributed by atoms with Crippen molar-refractivity contribution in [1.29, 1.82) is 0 Å². The number of esters is 1. The quantitative estimate of drug-likeness (QED) is 0.260. The number of methoxy groups -OCH3 is 2. The van der Waals surface area contributed by atoms with Gasteiger partial charge in [0, 0.05) is 30.8 Å². The fourth-order valence-electron chi connectivity index (χ4n) is 13.9. The van der Waals surface area contributed by atoms with Crippen molar-refractivity contribution in [2.24, 2.45) is 50.7 Å². The number of aliphatic hydroxyl groups excluding tert-OH is 1. The SMILES string of the molecule is COC(=O)C(C[C@@]1(OC)CC(C)(O)CO1)[C@@H]1CC[C@]23C[C@]12CC[C@@H]1[C@@]2(C)CC=C4C[C@@H](c5ccccc5)OC[C@]4(C)[C@@H]2C[C@@H](O)[C@]13C. The lowest BCUT2D eigenvalue weighted by Gasteiger charge is -2.68. The third-order valence-electron chi connectivity index (χ3n) is 16.1. The van der Waals surface area contributed by atoms with Gasteiger partial charge in [0.05, 0.1) is 44.1 Å². The topological polar surface area (TPSA) is 94.5 Å². The van der Waals surface area contributed by atoms with Crippen molar-refractivity contribution < 1.29 is 34.0 Å². The predicted octanol–water partition coefficient (Wildman–Crippen LogP) is 6.77. The Morgan fingerprint density at radius 1 is 1.02 bits per heavy atom. The Bertz CT molecular complexity index is 1460. The fourth-order valence-corrected chi connectivity index (χ4v) is 13.9. The Hall–Kier alpha value is -1.77. The molecular formula is C40H56O7. The minimum atomic E-state index is -1.01. The van der Waals surface area contributed by atoms with Gasteiger partial charge in [-0.25, -0.2) is 0 Å². The van der Waals surface area contributed by atoms with Gasteiger partial charge < -0.3 is 29.2 Å². The number of ether oxygens (including phenoxy) is 4. The highest BCUT2D eigenvalue weighted by Gasteiger charge is 2.86. The van der Waals surface area contributed by atoms with Gasteiger partial charge in [-0.15, -0.1) is 0 Å². The van der Waals surface area contributed by atoms with Crippen LogP contribution in [0.3, 0.4) is 0 Å². The Kier molecular flexibility index (Phi) is 7.16. The van der Waals surface area contributed by atoms with Gasteiger partial charge in [0.2, 0.25) is 0 Å². The van der Waals surface area contributed by atoms with Crippen LogP contribution in [0.2, 0.25) is 0 Å². The van der Waals surface area contributed by atoms with Crippen molar-refractivity contribution in [1.82, 2.24) is 0 Å². The molecule has 6 fully saturated rings. The van der Waals surface area contributed by atoms with E-state index >= 15 is 0 Å². The number of carbonyl (C=O) groups excluding carboxylic acids is 1. The summed E-state index contributed by atoms with van der Waals surface area (Å²) in [7, 11) is 3.11. The number of hydrogen-bond acceptors (Lipinski definition) is 7. The Morgan fingerprint density at radius 2 is 1.79 bits per heavy atom. The van der Waals surface area contributed by atoms with Crippen LogP contribution in [0.15, 0.2) is 42.0 Å². The van der Waals surface area contributed by atoms with Crippen molar-refractivity contribution in [2.45, 2.75) is 115 Å². The van der Waals surface area contributed by atoms with Crippen LogP contribution >= 0.6 is 0 Å². The van der Waals surface area contributed by atoms with Gasteiger partial charge in [-0.3, -0.25) is 4.79 Å². The highest BCUT2D eigenvalue weighted by atomic mass is 16.7. The second-order valence-electron chi connectivity index (χ2n) is 17.9. The van der Waals surface area contributed by atoms with Crippen LogP contribution < -0.4 is 0 Å². The maximum absolute atomic E-state index is 13.6. The molecule has 0 bridgehead atoms. The van der Waals surface area contributed by atoms with E-state index in [1.54, 1.807) is 14.0 Å². The van der Waals surface area contributed by atoms with E-state index in [0.717, 1.165) is 51.4 Å². The summed E-state index contributed by atoms with van der Waals surface area (Å²) < 4.78 is 24.2. The summed E-state index contributed by atoms with van der Waals surface area (Å²) in [6, 6.07) is 10.6. The van der Waals surface area contributed by atoms with E-state index in [4.69, 9.17) is 18.9 Å². The zero-order chi connectivity index (χ0) is 33.3. The number of benzene rings is 1.